The lowest BCUT2D eigenvalue weighted by Gasteiger charge is -2.29. The Hall–Kier alpha value is -3.49. The number of nitrogens with zero attached hydrogens (tertiary/aromatic N) is 1. The van der Waals surface area contributed by atoms with Crippen molar-refractivity contribution < 1.29 is 29.5 Å². The van der Waals surface area contributed by atoms with Crippen molar-refractivity contribution >= 4 is 23.9 Å². The molecule has 0 saturated heterocycles. The molecule has 25 heavy (non-hydrogen) atoms. The van der Waals surface area contributed by atoms with Crippen LogP contribution in [0.15, 0.2) is 40.7 Å². The summed E-state index contributed by atoms with van der Waals surface area (Å²) in [4.78, 5) is 45.1. The maximum absolute atomic E-state index is 11.7. The van der Waals surface area contributed by atoms with Crippen LogP contribution in [0.1, 0.15) is 35.7 Å². The minimum atomic E-state index is -1.38. The first-order chi connectivity index (χ1) is 11.7. The van der Waals surface area contributed by atoms with Gasteiger partial charge in [0.1, 0.15) is 6.29 Å². The summed E-state index contributed by atoms with van der Waals surface area (Å²) in [5.74, 6) is -4.09. The number of nitro benzene ring substituents is 1. The van der Waals surface area contributed by atoms with Crippen molar-refractivity contribution in [1.29, 1.82) is 0 Å². The number of carboxylic acid groups (broad SMARTS) is 2. The van der Waals surface area contributed by atoms with Crippen molar-refractivity contribution in [1.82, 2.24) is 5.32 Å². The van der Waals surface area contributed by atoms with E-state index < -0.39 is 22.8 Å². The number of dihydropyridines is 1. The third-order valence-electron chi connectivity index (χ3n) is 3.94. The van der Waals surface area contributed by atoms with E-state index in [-0.39, 0.29) is 39.4 Å². The van der Waals surface area contributed by atoms with E-state index in [2.05, 4.69) is 5.32 Å². The van der Waals surface area contributed by atoms with Crippen LogP contribution in [-0.2, 0) is 9.59 Å². The monoisotopic (exact) mass is 346 g/mol. The molecule has 0 amide bonds. The number of carbonyl (C=O) groups is 3. The number of aliphatic carboxylic acids is 2. The SMILES string of the molecule is CC1=C(C(=O)O)C(c2cc([N+](=O)[O-])ccc2C=O)C(C(=O)O)=C(C)N1. The molecule has 1 aromatic carbocycles. The number of non-ortho nitro benzene ring substituents is 1. The second-order valence-corrected chi connectivity index (χ2v) is 5.43. The zero-order valence-corrected chi connectivity index (χ0v) is 13.3. The lowest BCUT2D eigenvalue weighted by Crippen LogP contribution is -2.31. The fourth-order valence-electron chi connectivity index (χ4n) is 2.91. The molecule has 0 unspecified atom stereocenters. The van der Waals surface area contributed by atoms with Crippen molar-refractivity contribution in [3.8, 4) is 0 Å². The van der Waals surface area contributed by atoms with Gasteiger partial charge in [-0.1, -0.05) is 0 Å². The second-order valence-electron chi connectivity index (χ2n) is 5.43. The molecule has 1 aliphatic rings. The Labute approximate surface area is 141 Å². The Bertz CT molecular complexity index is 831. The normalized spacial score (nSPS) is 15.0. The third kappa shape index (κ3) is 3.11. The second kappa shape index (κ2) is 6.56. The maximum atomic E-state index is 11.7. The van der Waals surface area contributed by atoms with E-state index in [1.807, 2.05) is 0 Å². The molecule has 0 bridgehead atoms. The van der Waals surface area contributed by atoms with Crippen LogP contribution in [0.3, 0.4) is 0 Å². The molecule has 1 heterocycles. The number of hydrogen-bond donors (Lipinski definition) is 3. The number of aldehydes is 1. The average Bonchev–Trinajstić information content (AvgIpc) is 2.52. The molecule has 3 N–H and O–H groups in total. The van der Waals surface area contributed by atoms with Gasteiger partial charge in [0.05, 0.1) is 22.0 Å². The summed E-state index contributed by atoms with van der Waals surface area (Å²) < 4.78 is 0. The predicted octanol–water partition coefficient (Wildman–Crippen LogP) is 1.81. The number of rotatable bonds is 5. The number of carboxylic acids is 2. The minimum absolute atomic E-state index is 0.0180. The molecule has 1 aromatic rings. The Balaban J connectivity index is 2.86. The quantitative estimate of drug-likeness (QED) is 0.415. The van der Waals surface area contributed by atoms with Crippen molar-refractivity contribution in [2.24, 2.45) is 0 Å². The Morgan fingerprint density at radius 1 is 1.16 bits per heavy atom. The van der Waals surface area contributed by atoms with E-state index in [9.17, 15) is 34.7 Å². The highest BCUT2D eigenvalue weighted by atomic mass is 16.6. The average molecular weight is 346 g/mol. The first-order valence-corrected chi connectivity index (χ1v) is 7.07. The maximum Gasteiger partial charge on any atom is 0.334 e. The molecule has 1 aliphatic heterocycles. The number of allylic oxidation sites excluding steroid dienone is 2. The molecule has 0 aromatic heterocycles. The summed E-state index contributed by atoms with van der Waals surface area (Å²) in [6.45, 7) is 2.91. The van der Waals surface area contributed by atoms with Crippen LogP contribution in [0.25, 0.3) is 0 Å². The lowest BCUT2D eigenvalue weighted by molar-refractivity contribution is -0.384. The van der Waals surface area contributed by atoms with Gasteiger partial charge < -0.3 is 15.5 Å². The van der Waals surface area contributed by atoms with E-state index >= 15 is 0 Å². The van der Waals surface area contributed by atoms with Gasteiger partial charge in [0, 0.05) is 29.1 Å². The standard InChI is InChI=1S/C16H14N2O7/c1-7-12(15(20)21)14(13(16(22)23)8(2)17-7)11-5-10(18(24)25)4-3-9(11)6-19/h3-6,14,17H,1-2H3,(H,20,21)(H,22,23). The molecular weight excluding hydrogens is 332 g/mol. The Morgan fingerprint density at radius 2 is 1.68 bits per heavy atom. The molecular formula is C16H14N2O7. The number of nitrogens with one attached hydrogen (secondary N) is 1. The van der Waals surface area contributed by atoms with Crippen LogP contribution in [0.2, 0.25) is 0 Å². The topological polar surface area (TPSA) is 147 Å². The summed E-state index contributed by atoms with van der Waals surface area (Å²) in [5.41, 5.74) is -0.608. The van der Waals surface area contributed by atoms with E-state index in [1.54, 1.807) is 0 Å². The third-order valence-corrected chi connectivity index (χ3v) is 3.94. The zero-order chi connectivity index (χ0) is 18.9. The summed E-state index contributed by atoms with van der Waals surface area (Å²) in [6, 6.07) is 3.31. The molecule has 130 valence electrons. The Morgan fingerprint density at radius 3 is 2.08 bits per heavy atom. The van der Waals surface area contributed by atoms with Gasteiger partial charge in [0.25, 0.3) is 5.69 Å². The van der Waals surface area contributed by atoms with Crippen molar-refractivity contribution in [3.05, 3.63) is 62.0 Å². The van der Waals surface area contributed by atoms with Crippen molar-refractivity contribution in [3.63, 3.8) is 0 Å². The molecule has 0 aliphatic carbocycles. The van der Waals surface area contributed by atoms with Gasteiger partial charge in [-0.05, 0) is 25.5 Å². The van der Waals surface area contributed by atoms with Crippen LogP contribution >= 0.6 is 0 Å². The van der Waals surface area contributed by atoms with Crippen LogP contribution in [0.4, 0.5) is 5.69 Å². The highest BCUT2D eigenvalue weighted by Gasteiger charge is 2.38. The predicted molar refractivity (Wildman–Crippen MR) is 85.0 cm³/mol. The van der Waals surface area contributed by atoms with E-state index in [4.69, 9.17) is 0 Å². The highest BCUT2D eigenvalue weighted by molar-refractivity contribution is 5.99. The zero-order valence-electron chi connectivity index (χ0n) is 13.3. The van der Waals surface area contributed by atoms with Crippen LogP contribution in [0, 0.1) is 10.1 Å². The van der Waals surface area contributed by atoms with Gasteiger partial charge in [-0.3, -0.25) is 14.9 Å². The minimum Gasteiger partial charge on any atom is -0.478 e. The molecule has 9 nitrogen and oxygen atoms in total. The first-order valence-electron chi connectivity index (χ1n) is 7.07. The molecule has 0 atom stereocenters. The summed E-state index contributed by atoms with van der Waals surface area (Å²) in [7, 11) is 0. The van der Waals surface area contributed by atoms with Gasteiger partial charge in [-0.25, -0.2) is 9.59 Å². The van der Waals surface area contributed by atoms with E-state index in [1.165, 1.54) is 19.9 Å². The van der Waals surface area contributed by atoms with Gasteiger partial charge >= 0.3 is 11.9 Å². The molecule has 0 spiro atoms. The van der Waals surface area contributed by atoms with Crippen molar-refractivity contribution in [2.45, 2.75) is 19.8 Å². The lowest BCUT2D eigenvalue weighted by atomic mass is 9.78. The van der Waals surface area contributed by atoms with Gasteiger partial charge in [0.15, 0.2) is 0 Å². The van der Waals surface area contributed by atoms with Crippen LogP contribution < -0.4 is 5.32 Å². The number of carbonyl (C=O) groups excluding carboxylic acids is 1. The Kier molecular flexibility index (Phi) is 4.68. The first kappa shape index (κ1) is 17.9. The number of nitro groups is 1. The van der Waals surface area contributed by atoms with Gasteiger partial charge in [-0.15, -0.1) is 0 Å². The summed E-state index contributed by atoms with van der Waals surface area (Å²) in [6.07, 6.45) is 0.407. The molecule has 9 heteroatoms. The fourth-order valence-corrected chi connectivity index (χ4v) is 2.91. The van der Waals surface area contributed by atoms with Gasteiger partial charge in [-0.2, -0.15) is 0 Å². The molecule has 2 rings (SSSR count). The summed E-state index contributed by atoms with van der Waals surface area (Å²) >= 11 is 0. The molecule has 0 radical (unpaired) electrons. The summed E-state index contributed by atoms with van der Waals surface area (Å²) in [5, 5.41) is 32.8. The molecule has 0 saturated carbocycles. The van der Waals surface area contributed by atoms with Crippen LogP contribution in [-0.4, -0.2) is 33.4 Å². The van der Waals surface area contributed by atoms with E-state index in [0.717, 1.165) is 12.1 Å². The smallest absolute Gasteiger partial charge is 0.334 e. The van der Waals surface area contributed by atoms with E-state index in [0.29, 0.717) is 6.29 Å². The largest absolute Gasteiger partial charge is 0.478 e. The van der Waals surface area contributed by atoms with Crippen molar-refractivity contribution in [2.75, 3.05) is 0 Å². The highest BCUT2D eigenvalue weighted by Crippen LogP contribution is 2.40. The fraction of sp³-hybridized carbons (Fsp3) is 0.188. The van der Waals surface area contributed by atoms with Crippen LogP contribution in [0.5, 0.6) is 0 Å². The molecule has 0 fully saturated rings. The number of benzene rings is 1. The van der Waals surface area contributed by atoms with Gasteiger partial charge in [0.2, 0.25) is 0 Å². The number of hydrogen-bond acceptors (Lipinski definition) is 6.